The van der Waals surface area contributed by atoms with E-state index in [1.165, 1.54) is 11.1 Å². The summed E-state index contributed by atoms with van der Waals surface area (Å²) >= 11 is 9.00. The first kappa shape index (κ1) is 12.6. The van der Waals surface area contributed by atoms with Crippen LogP contribution >= 0.6 is 28.1 Å². The van der Waals surface area contributed by atoms with Crippen LogP contribution in [0.25, 0.3) is 16.7 Å². The molecular weight excluding hydrogens is 320 g/mol. The molecule has 4 heteroatoms. The summed E-state index contributed by atoms with van der Waals surface area (Å²) in [6.45, 7) is 4.19. The van der Waals surface area contributed by atoms with E-state index in [1.54, 1.807) is 0 Å². The Morgan fingerprint density at radius 1 is 1.11 bits per heavy atom. The molecule has 96 valence electrons. The number of aromatic nitrogens is 2. The van der Waals surface area contributed by atoms with E-state index in [0.29, 0.717) is 0 Å². The lowest BCUT2D eigenvalue weighted by atomic mass is 10.2. The Labute approximate surface area is 125 Å². The number of benzene rings is 2. The number of rotatable bonds is 1. The van der Waals surface area contributed by atoms with Gasteiger partial charge in [-0.3, -0.25) is 4.57 Å². The maximum atomic E-state index is 5.47. The average molecular weight is 333 g/mol. The van der Waals surface area contributed by atoms with Gasteiger partial charge in [0.15, 0.2) is 4.77 Å². The fourth-order valence-electron chi connectivity index (χ4n) is 2.34. The van der Waals surface area contributed by atoms with Crippen molar-refractivity contribution in [2.45, 2.75) is 13.8 Å². The molecule has 0 aliphatic heterocycles. The van der Waals surface area contributed by atoms with Gasteiger partial charge >= 0.3 is 0 Å². The molecule has 0 aliphatic rings. The third kappa shape index (κ3) is 2.05. The molecule has 0 amide bonds. The lowest BCUT2D eigenvalue weighted by Gasteiger charge is -2.08. The molecule has 0 spiro atoms. The molecule has 0 aliphatic carbocycles. The number of halogens is 1. The van der Waals surface area contributed by atoms with Crippen LogP contribution < -0.4 is 0 Å². The van der Waals surface area contributed by atoms with Gasteiger partial charge in [-0.25, -0.2) is 0 Å². The number of nitrogens with one attached hydrogen (secondary N) is 1. The lowest BCUT2D eigenvalue weighted by Crippen LogP contribution is -1.96. The van der Waals surface area contributed by atoms with E-state index in [-0.39, 0.29) is 0 Å². The van der Waals surface area contributed by atoms with Crippen LogP contribution in [0.3, 0.4) is 0 Å². The zero-order valence-electron chi connectivity index (χ0n) is 10.7. The van der Waals surface area contributed by atoms with Crippen molar-refractivity contribution in [1.82, 2.24) is 9.55 Å². The maximum absolute atomic E-state index is 5.47. The van der Waals surface area contributed by atoms with Gasteiger partial charge in [0.05, 0.1) is 11.0 Å². The van der Waals surface area contributed by atoms with Crippen LogP contribution in [0, 0.1) is 18.6 Å². The molecule has 0 fully saturated rings. The topological polar surface area (TPSA) is 20.7 Å². The Morgan fingerprint density at radius 2 is 1.89 bits per heavy atom. The molecular formula is C15H13BrN2S. The largest absolute Gasteiger partial charge is 0.330 e. The Hall–Kier alpha value is -1.39. The first-order valence-corrected chi connectivity index (χ1v) is 7.25. The third-order valence-electron chi connectivity index (χ3n) is 3.31. The molecule has 3 aromatic rings. The number of nitrogens with zero attached hydrogens (tertiary/aromatic N) is 1. The SMILES string of the molecule is Cc1cc(-n2c(=S)[nH]c3cccc(C)c32)ccc1Br. The van der Waals surface area contributed by atoms with E-state index < -0.39 is 0 Å². The molecule has 19 heavy (non-hydrogen) atoms. The van der Waals surface area contributed by atoms with Crippen molar-refractivity contribution in [1.29, 1.82) is 0 Å². The number of para-hydroxylation sites is 1. The smallest absolute Gasteiger partial charge is 0.182 e. The van der Waals surface area contributed by atoms with Crippen LogP contribution in [0.5, 0.6) is 0 Å². The molecule has 0 atom stereocenters. The summed E-state index contributed by atoms with van der Waals surface area (Å²) in [6, 6.07) is 12.5. The minimum atomic E-state index is 0.728. The molecule has 0 radical (unpaired) electrons. The molecule has 0 saturated carbocycles. The highest BCUT2D eigenvalue weighted by atomic mass is 79.9. The standard InChI is InChI=1S/C15H13BrN2S/c1-9-4-3-5-13-14(9)18(15(19)17-13)11-6-7-12(16)10(2)8-11/h3-8H,1-2H3,(H,17,19). The van der Waals surface area contributed by atoms with Crippen molar-refractivity contribution < 1.29 is 0 Å². The highest BCUT2D eigenvalue weighted by molar-refractivity contribution is 9.10. The molecule has 1 N–H and O–H groups in total. The van der Waals surface area contributed by atoms with E-state index in [2.05, 4.69) is 69.7 Å². The van der Waals surface area contributed by atoms with E-state index >= 15 is 0 Å². The van der Waals surface area contributed by atoms with E-state index in [9.17, 15) is 0 Å². The molecule has 1 heterocycles. The molecule has 3 rings (SSSR count). The normalized spacial score (nSPS) is 11.1. The van der Waals surface area contributed by atoms with Gasteiger partial charge in [0, 0.05) is 10.2 Å². The summed E-state index contributed by atoms with van der Waals surface area (Å²) in [5.74, 6) is 0. The Balaban J connectivity index is 2.39. The van der Waals surface area contributed by atoms with Crippen molar-refractivity contribution in [2.24, 2.45) is 0 Å². The van der Waals surface area contributed by atoms with Crippen molar-refractivity contribution >= 4 is 39.2 Å². The fourth-order valence-corrected chi connectivity index (χ4v) is 2.90. The maximum Gasteiger partial charge on any atom is 0.182 e. The van der Waals surface area contributed by atoms with Gasteiger partial charge in [0.1, 0.15) is 0 Å². The second-order valence-corrected chi connectivity index (χ2v) is 5.91. The first-order valence-electron chi connectivity index (χ1n) is 6.05. The number of H-pyrrole nitrogens is 1. The zero-order valence-corrected chi connectivity index (χ0v) is 13.1. The fraction of sp³-hybridized carbons (Fsp3) is 0.133. The minimum Gasteiger partial charge on any atom is -0.330 e. The highest BCUT2D eigenvalue weighted by Crippen LogP contribution is 2.25. The zero-order chi connectivity index (χ0) is 13.6. The average Bonchev–Trinajstić information content (AvgIpc) is 2.70. The van der Waals surface area contributed by atoms with Crippen molar-refractivity contribution in [2.75, 3.05) is 0 Å². The van der Waals surface area contributed by atoms with Crippen molar-refractivity contribution in [3.05, 3.63) is 56.8 Å². The van der Waals surface area contributed by atoms with E-state index in [4.69, 9.17) is 12.2 Å². The van der Waals surface area contributed by atoms with Crippen LogP contribution in [0.4, 0.5) is 0 Å². The van der Waals surface area contributed by atoms with Crippen LogP contribution in [0.2, 0.25) is 0 Å². The third-order valence-corrected chi connectivity index (χ3v) is 4.48. The molecule has 0 unspecified atom stereocenters. The summed E-state index contributed by atoms with van der Waals surface area (Å²) in [5.41, 5.74) is 5.72. The van der Waals surface area contributed by atoms with Crippen molar-refractivity contribution in [3.8, 4) is 5.69 Å². The Morgan fingerprint density at radius 3 is 2.63 bits per heavy atom. The van der Waals surface area contributed by atoms with Crippen LogP contribution in [0.1, 0.15) is 11.1 Å². The summed E-state index contributed by atoms with van der Waals surface area (Å²) in [5, 5.41) is 0. The van der Waals surface area contributed by atoms with E-state index in [0.717, 1.165) is 26.0 Å². The number of aromatic amines is 1. The first-order chi connectivity index (χ1) is 9.08. The molecule has 0 saturated heterocycles. The molecule has 2 nitrogen and oxygen atoms in total. The number of hydrogen-bond acceptors (Lipinski definition) is 1. The van der Waals surface area contributed by atoms with Crippen LogP contribution in [-0.2, 0) is 0 Å². The second kappa shape index (κ2) is 4.62. The quantitative estimate of drug-likeness (QED) is 0.617. The van der Waals surface area contributed by atoms with E-state index in [1.807, 2.05) is 6.07 Å². The van der Waals surface area contributed by atoms with Gasteiger partial charge in [0.25, 0.3) is 0 Å². The molecule has 2 aromatic carbocycles. The number of hydrogen-bond donors (Lipinski definition) is 1. The molecule has 0 bridgehead atoms. The highest BCUT2D eigenvalue weighted by Gasteiger charge is 2.09. The van der Waals surface area contributed by atoms with Gasteiger partial charge in [-0.1, -0.05) is 28.1 Å². The van der Waals surface area contributed by atoms with Gasteiger partial charge in [0.2, 0.25) is 0 Å². The van der Waals surface area contributed by atoms with Crippen LogP contribution in [0.15, 0.2) is 40.9 Å². The lowest BCUT2D eigenvalue weighted by molar-refractivity contribution is 1.05. The van der Waals surface area contributed by atoms with Gasteiger partial charge < -0.3 is 4.98 Å². The number of fused-ring (bicyclic) bond motifs is 1. The summed E-state index contributed by atoms with van der Waals surface area (Å²) in [4.78, 5) is 3.27. The molecule has 1 aromatic heterocycles. The number of imidazole rings is 1. The summed E-state index contributed by atoms with van der Waals surface area (Å²) < 4.78 is 3.93. The summed E-state index contributed by atoms with van der Waals surface area (Å²) in [7, 11) is 0. The minimum absolute atomic E-state index is 0.728. The van der Waals surface area contributed by atoms with Gasteiger partial charge in [-0.15, -0.1) is 0 Å². The predicted molar refractivity (Wildman–Crippen MR) is 85.6 cm³/mol. The Kier molecular flexibility index (Phi) is 3.07. The van der Waals surface area contributed by atoms with Crippen molar-refractivity contribution in [3.63, 3.8) is 0 Å². The Bertz CT molecular complexity index is 830. The van der Waals surface area contributed by atoms with Gasteiger partial charge in [-0.05, 0) is 61.5 Å². The monoisotopic (exact) mass is 332 g/mol. The van der Waals surface area contributed by atoms with Crippen LogP contribution in [-0.4, -0.2) is 9.55 Å². The predicted octanol–water partition coefficient (Wildman–Crippen LogP) is 5.07. The number of aryl methyl sites for hydroxylation is 2. The summed E-state index contributed by atoms with van der Waals surface area (Å²) in [6.07, 6.45) is 0. The van der Waals surface area contributed by atoms with Gasteiger partial charge in [-0.2, -0.15) is 0 Å². The second-order valence-electron chi connectivity index (χ2n) is 4.67.